The first-order chi connectivity index (χ1) is 14.3. The Morgan fingerprint density at radius 1 is 0.655 bits per heavy atom. The second-order valence-corrected chi connectivity index (χ2v) is 6.96. The van der Waals surface area contributed by atoms with Gasteiger partial charge in [-0.05, 0) is 12.0 Å². The zero-order valence-corrected chi connectivity index (χ0v) is 16.2. The highest BCUT2D eigenvalue weighted by atomic mass is 15.3. The highest BCUT2D eigenvalue weighted by molar-refractivity contribution is 5.78. The number of rotatable bonds is 4. The van der Waals surface area contributed by atoms with Crippen LogP contribution in [-0.4, -0.2) is 19.6 Å². The summed E-state index contributed by atoms with van der Waals surface area (Å²) in [5.74, 6) is 0.595. The predicted octanol–water partition coefficient (Wildman–Crippen LogP) is 5.69. The first-order valence-corrected chi connectivity index (χ1v) is 9.79. The van der Waals surface area contributed by atoms with Gasteiger partial charge < -0.3 is 0 Å². The lowest BCUT2D eigenvalue weighted by Crippen LogP contribution is -2.00. The topological polar surface area (TPSA) is 43.1 Å². The normalized spacial score (nSPS) is 11.1. The minimum Gasteiger partial charge on any atom is -0.209 e. The van der Waals surface area contributed by atoms with E-state index in [2.05, 4.69) is 55.5 Å². The molecule has 0 bridgehead atoms. The molecule has 2 heterocycles. The Hall–Kier alpha value is -3.79. The van der Waals surface area contributed by atoms with E-state index in [9.17, 15) is 0 Å². The van der Waals surface area contributed by atoms with Crippen LogP contribution in [0.3, 0.4) is 0 Å². The third-order valence-corrected chi connectivity index (χ3v) is 5.07. The molecule has 4 nitrogen and oxygen atoms in total. The molecular formula is C25H20N4. The van der Waals surface area contributed by atoms with Gasteiger partial charge >= 0.3 is 0 Å². The zero-order chi connectivity index (χ0) is 19.6. The van der Waals surface area contributed by atoms with E-state index in [4.69, 9.17) is 15.1 Å². The van der Waals surface area contributed by atoms with Crippen LogP contribution in [0.15, 0.2) is 91.1 Å². The van der Waals surface area contributed by atoms with Crippen molar-refractivity contribution >= 4 is 5.78 Å². The number of imidazole rings is 1. The Labute approximate surface area is 169 Å². The molecule has 2 aromatic heterocycles. The SMILES string of the molecule is CCc1ccc(-c2cn3nc(-c4ccccc4)c(-c4ccccc4)nc3n2)cc1. The first-order valence-electron chi connectivity index (χ1n) is 9.79. The summed E-state index contributed by atoms with van der Waals surface area (Å²) in [5, 5.41) is 4.89. The third kappa shape index (κ3) is 3.29. The highest BCUT2D eigenvalue weighted by Crippen LogP contribution is 2.29. The Bertz CT molecular complexity index is 1180. The highest BCUT2D eigenvalue weighted by Gasteiger charge is 2.15. The van der Waals surface area contributed by atoms with Gasteiger partial charge in [0.05, 0.1) is 11.9 Å². The lowest BCUT2D eigenvalue weighted by molar-refractivity contribution is 0.912. The summed E-state index contributed by atoms with van der Waals surface area (Å²) in [6.07, 6.45) is 2.97. The van der Waals surface area contributed by atoms with Gasteiger partial charge in [-0.1, -0.05) is 91.9 Å². The average Bonchev–Trinajstić information content (AvgIpc) is 3.22. The van der Waals surface area contributed by atoms with E-state index in [0.717, 1.165) is 40.2 Å². The van der Waals surface area contributed by atoms with Crippen LogP contribution in [0.2, 0.25) is 0 Å². The fourth-order valence-corrected chi connectivity index (χ4v) is 3.46. The van der Waals surface area contributed by atoms with E-state index in [0.29, 0.717) is 5.78 Å². The molecule has 0 radical (unpaired) electrons. The van der Waals surface area contributed by atoms with Gasteiger partial charge in [-0.15, -0.1) is 0 Å². The predicted molar refractivity (Wildman–Crippen MR) is 116 cm³/mol. The van der Waals surface area contributed by atoms with Crippen molar-refractivity contribution in [2.24, 2.45) is 0 Å². The molecule has 0 N–H and O–H groups in total. The van der Waals surface area contributed by atoms with Crippen LogP contribution in [0.1, 0.15) is 12.5 Å². The van der Waals surface area contributed by atoms with E-state index >= 15 is 0 Å². The number of benzene rings is 3. The molecule has 3 aromatic carbocycles. The number of hydrogen-bond acceptors (Lipinski definition) is 3. The lowest BCUT2D eigenvalue weighted by atomic mass is 10.0. The fourth-order valence-electron chi connectivity index (χ4n) is 3.46. The van der Waals surface area contributed by atoms with Gasteiger partial charge in [0.15, 0.2) is 0 Å². The van der Waals surface area contributed by atoms with Gasteiger partial charge in [-0.3, -0.25) is 0 Å². The zero-order valence-electron chi connectivity index (χ0n) is 16.2. The summed E-state index contributed by atoms with van der Waals surface area (Å²) >= 11 is 0. The number of nitrogens with zero attached hydrogens (tertiary/aromatic N) is 4. The molecule has 140 valence electrons. The molecule has 4 heteroatoms. The molecule has 0 fully saturated rings. The molecule has 5 aromatic rings. The van der Waals surface area contributed by atoms with Gasteiger partial charge in [0.1, 0.15) is 11.4 Å². The minimum atomic E-state index is 0.595. The second kappa shape index (κ2) is 7.32. The molecule has 0 aliphatic heterocycles. The monoisotopic (exact) mass is 376 g/mol. The van der Waals surface area contributed by atoms with Crippen molar-refractivity contribution in [1.82, 2.24) is 19.6 Å². The van der Waals surface area contributed by atoms with Crippen molar-refractivity contribution in [3.63, 3.8) is 0 Å². The largest absolute Gasteiger partial charge is 0.251 e. The van der Waals surface area contributed by atoms with Gasteiger partial charge in [0, 0.05) is 16.7 Å². The molecule has 0 amide bonds. The van der Waals surface area contributed by atoms with Crippen molar-refractivity contribution in [1.29, 1.82) is 0 Å². The van der Waals surface area contributed by atoms with Crippen LogP contribution in [0, 0.1) is 0 Å². The van der Waals surface area contributed by atoms with E-state index < -0.39 is 0 Å². The van der Waals surface area contributed by atoms with E-state index in [-0.39, 0.29) is 0 Å². The summed E-state index contributed by atoms with van der Waals surface area (Å²) in [6, 6.07) is 28.8. The average molecular weight is 376 g/mol. The standard InChI is InChI=1S/C25H20N4/c1-2-18-13-15-19(16-14-18)22-17-29-25(26-22)27-23(20-9-5-3-6-10-20)24(28-29)21-11-7-4-8-12-21/h3-17H,2H2,1H3. The summed E-state index contributed by atoms with van der Waals surface area (Å²) in [6.45, 7) is 2.16. The molecular weight excluding hydrogens is 356 g/mol. The van der Waals surface area contributed by atoms with Gasteiger partial charge in [-0.2, -0.15) is 5.10 Å². The maximum Gasteiger partial charge on any atom is 0.251 e. The molecule has 5 rings (SSSR count). The summed E-state index contributed by atoms with van der Waals surface area (Å²) in [7, 11) is 0. The van der Waals surface area contributed by atoms with Crippen LogP contribution in [0.4, 0.5) is 0 Å². The van der Waals surface area contributed by atoms with E-state index in [1.807, 2.05) is 42.6 Å². The van der Waals surface area contributed by atoms with Crippen LogP contribution in [0.5, 0.6) is 0 Å². The van der Waals surface area contributed by atoms with Crippen LogP contribution in [-0.2, 0) is 6.42 Å². The van der Waals surface area contributed by atoms with Crippen molar-refractivity contribution in [2.75, 3.05) is 0 Å². The Balaban J connectivity index is 1.69. The summed E-state index contributed by atoms with van der Waals surface area (Å²) in [5.41, 5.74) is 6.99. The third-order valence-electron chi connectivity index (χ3n) is 5.07. The molecule has 0 atom stereocenters. The Kier molecular flexibility index (Phi) is 4.37. The molecule has 0 spiro atoms. The van der Waals surface area contributed by atoms with E-state index in [1.54, 1.807) is 4.52 Å². The fraction of sp³-hybridized carbons (Fsp3) is 0.0800. The maximum atomic E-state index is 4.89. The number of aryl methyl sites for hydroxylation is 1. The number of aromatic nitrogens is 4. The molecule has 0 saturated carbocycles. The van der Waals surface area contributed by atoms with Crippen LogP contribution < -0.4 is 0 Å². The number of hydrogen-bond donors (Lipinski definition) is 0. The van der Waals surface area contributed by atoms with Crippen molar-refractivity contribution in [2.45, 2.75) is 13.3 Å². The molecule has 0 saturated heterocycles. The maximum absolute atomic E-state index is 4.89. The van der Waals surface area contributed by atoms with Crippen LogP contribution >= 0.6 is 0 Å². The van der Waals surface area contributed by atoms with Crippen molar-refractivity contribution in [3.8, 4) is 33.8 Å². The summed E-state index contributed by atoms with van der Waals surface area (Å²) < 4.78 is 1.78. The Morgan fingerprint density at radius 2 is 1.28 bits per heavy atom. The van der Waals surface area contributed by atoms with Gasteiger partial charge in [0.25, 0.3) is 5.78 Å². The lowest BCUT2D eigenvalue weighted by Gasteiger charge is -2.08. The van der Waals surface area contributed by atoms with E-state index in [1.165, 1.54) is 5.56 Å². The van der Waals surface area contributed by atoms with Gasteiger partial charge in [-0.25, -0.2) is 14.5 Å². The smallest absolute Gasteiger partial charge is 0.209 e. The number of fused-ring (bicyclic) bond motifs is 1. The van der Waals surface area contributed by atoms with Crippen LogP contribution in [0.25, 0.3) is 39.5 Å². The van der Waals surface area contributed by atoms with Crippen molar-refractivity contribution < 1.29 is 0 Å². The molecule has 0 aliphatic carbocycles. The van der Waals surface area contributed by atoms with Crippen molar-refractivity contribution in [3.05, 3.63) is 96.7 Å². The summed E-state index contributed by atoms with van der Waals surface area (Å²) in [4.78, 5) is 9.64. The minimum absolute atomic E-state index is 0.595. The first kappa shape index (κ1) is 17.3. The quantitative estimate of drug-likeness (QED) is 0.405. The Morgan fingerprint density at radius 3 is 1.90 bits per heavy atom. The molecule has 0 unspecified atom stereocenters. The van der Waals surface area contributed by atoms with Gasteiger partial charge in [0.2, 0.25) is 0 Å². The second-order valence-electron chi connectivity index (χ2n) is 6.96. The molecule has 29 heavy (non-hydrogen) atoms. The molecule has 0 aliphatic rings.